The van der Waals surface area contributed by atoms with Crippen LogP contribution in [-0.2, 0) is 6.54 Å². The number of imidazole rings is 1. The molecule has 3 nitrogen and oxygen atoms in total. The Balaban J connectivity index is 1.51. The van der Waals surface area contributed by atoms with Gasteiger partial charge in [-0.25, -0.2) is 4.98 Å². The SMILES string of the molecule is Cc1ccc2nc(CNCCC3=CCCCC3)[nH]c2c1. The first kappa shape index (κ1) is 13.4. The van der Waals surface area contributed by atoms with E-state index in [9.17, 15) is 0 Å². The molecule has 2 aromatic rings. The number of benzene rings is 1. The summed E-state index contributed by atoms with van der Waals surface area (Å²) >= 11 is 0. The molecule has 106 valence electrons. The largest absolute Gasteiger partial charge is 0.341 e. The molecule has 0 saturated heterocycles. The summed E-state index contributed by atoms with van der Waals surface area (Å²) in [7, 11) is 0. The van der Waals surface area contributed by atoms with Crippen LogP contribution in [0, 0.1) is 6.92 Å². The minimum atomic E-state index is 0.820. The standard InChI is InChI=1S/C17H23N3/c1-13-7-8-15-16(11-13)20-17(19-15)12-18-10-9-14-5-3-2-4-6-14/h5,7-8,11,18H,2-4,6,9-10,12H2,1H3,(H,19,20). The van der Waals surface area contributed by atoms with Crippen LogP contribution in [0.2, 0.25) is 0 Å². The van der Waals surface area contributed by atoms with Gasteiger partial charge in [-0.15, -0.1) is 0 Å². The first-order valence-electron chi connectivity index (χ1n) is 7.65. The molecular formula is C17H23N3. The fourth-order valence-electron chi connectivity index (χ4n) is 2.85. The summed E-state index contributed by atoms with van der Waals surface area (Å²) in [6.07, 6.45) is 8.92. The van der Waals surface area contributed by atoms with Crippen molar-refractivity contribution in [2.75, 3.05) is 6.54 Å². The van der Waals surface area contributed by atoms with E-state index in [0.717, 1.165) is 29.9 Å². The highest BCUT2D eigenvalue weighted by Crippen LogP contribution is 2.19. The highest BCUT2D eigenvalue weighted by Gasteiger charge is 2.04. The van der Waals surface area contributed by atoms with Crippen LogP contribution in [0.3, 0.4) is 0 Å². The molecule has 2 N–H and O–H groups in total. The maximum atomic E-state index is 4.61. The zero-order valence-electron chi connectivity index (χ0n) is 12.2. The quantitative estimate of drug-likeness (QED) is 0.639. The first-order valence-corrected chi connectivity index (χ1v) is 7.65. The lowest BCUT2D eigenvalue weighted by molar-refractivity contribution is 0.624. The number of rotatable bonds is 5. The lowest BCUT2D eigenvalue weighted by Crippen LogP contribution is -2.16. The number of aryl methyl sites for hydroxylation is 1. The second-order valence-corrected chi connectivity index (χ2v) is 5.74. The molecule has 0 atom stereocenters. The zero-order chi connectivity index (χ0) is 13.8. The van der Waals surface area contributed by atoms with Crippen molar-refractivity contribution in [3.63, 3.8) is 0 Å². The van der Waals surface area contributed by atoms with Gasteiger partial charge < -0.3 is 10.3 Å². The lowest BCUT2D eigenvalue weighted by atomic mass is 9.97. The van der Waals surface area contributed by atoms with Gasteiger partial charge in [0.05, 0.1) is 17.6 Å². The molecule has 1 heterocycles. The van der Waals surface area contributed by atoms with E-state index in [1.165, 1.54) is 37.7 Å². The topological polar surface area (TPSA) is 40.7 Å². The molecule has 0 amide bonds. The number of hydrogen-bond donors (Lipinski definition) is 2. The van der Waals surface area contributed by atoms with Gasteiger partial charge in [-0.2, -0.15) is 0 Å². The van der Waals surface area contributed by atoms with E-state index in [1.807, 2.05) is 0 Å². The Labute approximate surface area is 120 Å². The number of fused-ring (bicyclic) bond motifs is 1. The molecule has 0 spiro atoms. The van der Waals surface area contributed by atoms with E-state index in [1.54, 1.807) is 5.57 Å². The Hall–Kier alpha value is -1.61. The van der Waals surface area contributed by atoms with Gasteiger partial charge in [0, 0.05) is 0 Å². The summed E-state index contributed by atoms with van der Waals surface area (Å²) in [5.41, 5.74) is 5.09. The molecule has 0 bridgehead atoms. The van der Waals surface area contributed by atoms with Crippen LogP contribution in [0.4, 0.5) is 0 Å². The summed E-state index contributed by atoms with van der Waals surface area (Å²) in [5.74, 6) is 1.03. The summed E-state index contributed by atoms with van der Waals surface area (Å²) in [5, 5.41) is 3.49. The van der Waals surface area contributed by atoms with E-state index in [-0.39, 0.29) is 0 Å². The average Bonchev–Trinajstić information content (AvgIpc) is 2.86. The van der Waals surface area contributed by atoms with Gasteiger partial charge in [0.2, 0.25) is 0 Å². The molecule has 0 radical (unpaired) electrons. The molecule has 1 aliphatic rings. The van der Waals surface area contributed by atoms with Crippen molar-refractivity contribution < 1.29 is 0 Å². The monoisotopic (exact) mass is 269 g/mol. The number of nitrogens with zero attached hydrogens (tertiary/aromatic N) is 1. The number of aromatic nitrogens is 2. The Morgan fingerprint density at radius 1 is 1.30 bits per heavy atom. The van der Waals surface area contributed by atoms with E-state index < -0.39 is 0 Å². The van der Waals surface area contributed by atoms with Crippen molar-refractivity contribution in [1.82, 2.24) is 15.3 Å². The lowest BCUT2D eigenvalue weighted by Gasteiger charge is -2.12. The van der Waals surface area contributed by atoms with E-state index in [2.05, 4.69) is 46.5 Å². The second kappa shape index (κ2) is 6.23. The summed E-state index contributed by atoms with van der Waals surface area (Å²) in [4.78, 5) is 7.99. The fourth-order valence-corrected chi connectivity index (χ4v) is 2.85. The maximum Gasteiger partial charge on any atom is 0.121 e. The van der Waals surface area contributed by atoms with Crippen molar-refractivity contribution in [2.24, 2.45) is 0 Å². The van der Waals surface area contributed by atoms with Crippen molar-refractivity contribution in [1.29, 1.82) is 0 Å². The van der Waals surface area contributed by atoms with Gasteiger partial charge >= 0.3 is 0 Å². The van der Waals surface area contributed by atoms with Crippen LogP contribution in [0.15, 0.2) is 29.8 Å². The van der Waals surface area contributed by atoms with E-state index in [4.69, 9.17) is 0 Å². The van der Waals surface area contributed by atoms with Crippen LogP contribution in [0.1, 0.15) is 43.5 Å². The van der Waals surface area contributed by atoms with Crippen molar-refractivity contribution in [3.05, 3.63) is 41.2 Å². The zero-order valence-corrected chi connectivity index (χ0v) is 12.2. The van der Waals surface area contributed by atoms with E-state index in [0.29, 0.717) is 0 Å². The molecular weight excluding hydrogens is 246 g/mol. The minimum absolute atomic E-state index is 0.820. The average molecular weight is 269 g/mol. The molecule has 3 heteroatoms. The fraction of sp³-hybridized carbons (Fsp3) is 0.471. The Morgan fingerprint density at radius 2 is 2.25 bits per heavy atom. The molecule has 0 aliphatic heterocycles. The Bertz CT molecular complexity index is 610. The maximum absolute atomic E-state index is 4.61. The highest BCUT2D eigenvalue weighted by atomic mass is 15.0. The van der Waals surface area contributed by atoms with Crippen molar-refractivity contribution in [3.8, 4) is 0 Å². The van der Waals surface area contributed by atoms with Crippen LogP contribution in [-0.4, -0.2) is 16.5 Å². The number of hydrogen-bond acceptors (Lipinski definition) is 2. The van der Waals surface area contributed by atoms with Crippen LogP contribution < -0.4 is 5.32 Å². The predicted octanol–water partition coefficient (Wildman–Crippen LogP) is 3.85. The molecule has 3 rings (SSSR count). The third-order valence-corrected chi connectivity index (χ3v) is 3.99. The first-order chi connectivity index (χ1) is 9.81. The summed E-state index contributed by atoms with van der Waals surface area (Å²) < 4.78 is 0. The molecule has 1 aromatic carbocycles. The van der Waals surface area contributed by atoms with Gasteiger partial charge in [-0.3, -0.25) is 0 Å². The van der Waals surface area contributed by atoms with Crippen molar-refractivity contribution in [2.45, 2.75) is 45.6 Å². The van der Waals surface area contributed by atoms with Gasteiger partial charge in [-0.05, 0) is 63.3 Å². The Kier molecular flexibility index (Phi) is 4.16. The number of aromatic amines is 1. The predicted molar refractivity (Wildman–Crippen MR) is 83.7 cm³/mol. The van der Waals surface area contributed by atoms with Crippen LogP contribution >= 0.6 is 0 Å². The second-order valence-electron chi connectivity index (χ2n) is 5.74. The summed E-state index contributed by atoms with van der Waals surface area (Å²) in [6, 6.07) is 6.34. The highest BCUT2D eigenvalue weighted by molar-refractivity contribution is 5.75. The van der Waals surface area contributed by atoms with Gasteiger partial charge in [0.15, 0.2) is 0 Å². The van der Waals surface area contributed by atoms with Crippen LogP contribution in [0.5, 0.6) is 0 Å². The van der Waals surface area contributed by atoms with Crippen molar-refractivity contribution >= 4 is 11.0 Å². The number of nitrogens with one attached hydrogen (secondary N) is 2. The summed E-state index contributed by atoms with van der Waals surface area (Å²) in [6.45, 7) is 3.97. The van der Waals surface area contributed by atoms with Gasteiger partial charge in [0.25, 0.3) is 0 Å². The van der Waals surface area contributed by atoms with E-state index >= 15 is 0 Å². The molecule has 1 aromatic heterocycles. The minimum Gasteiger partial charge on any atom is -0.341 e. The van der Waals surface area contributed by atoms with Gasteiger partial charge in [-0.1, -0.05) is 17.7 Å². The number of H-pyrrole nitrogens is 1. The van der Waals surface area contributed by atoms with Gasteiger partial charge in [0.1, 0.15) is 5.82 Å². The van der Waals surface area contributed by atoms with Crippen LogP contribution in [0.25, 0.3) is 11.0 Å². The Morgan fingerprint density at radius 3 is 3.10 bits per heavy atom. The third kappa shape index (κ3) is 3.28. The number of allylic oxidation sites excluding steroid dienone is 1. The molecule has 1 aliphatic carbocycles. The molecule has 0 fully saturated rings. The smallest absolute Gasteiger partial charge is 0.121 e. The molecule has 0 unspecified atom stereocenters. The third-order valence-electron chi connectivity index (χ3n) is 3.99. The molecule has 20 heavy (non-hydrogen) atoms. The molecule has 0 saturated carbocycles. The normalized spacial score (nSPS) is 15.6.